The molecule has 1 spiro atoms. The van der Waals surface area contributed by atoms with Gasteiger partial charge in [-0.15, -0.1) is 11.3 Å². The van der Waals surface area contributed by atoms with Crippen molar-refractivity contribution in [3.8, 4) is 29.0 Å². The summed E-state index contributed by atoms with van der Waals surface area (Å²) in [6, 6.07) is 5.87. The molecule has 0 unspecified atom stereocenters. The second-order valence-electron chi connectivity index (χ2n) is 15.6. The second-order valence-corrected chi connectivity index (χ2v) is 17.0. The third-order valence-electron chi connectivity index (χ3n) is 12.3. The summed E-state index contributed by atoms with van der Waals surface area (Å²) < 4.78 is 61.7. The number of benzene rings is 2. The predicted molar refractivity (Wildman–Crippen MR) is 200 cm³/mol. The number of nitriles is 1. The van der Waals surface area contributed by atoms with Crippen molar-refractivity contribution in [2.24, 2.45) is 5.41 Å². The minimum Gasteiger partial charge on any atom is -0.489 e. The van der Waals surface area contributed by atoms with Crippen LogP contribution in [0.15, 0.2) is 30.6 Å². The van der Waals surface area contributed by atoms with E-state index in [0.717, 1.165) is 50.0 Å². The van der Waals surface area contributed by atoms with E-state index in [1.54, 1.807) is 23.4 Å². The summed E-state index contributed by atoms with van der Waals surface area (Å²) in [5.41, 5.74) is 5.32. The quantitative estimate of drug-likeness (QED) is 0.208. The van der Waals surface area contributed by atoms with Crippen molar-refractivity contribution >= 4 is 60.8 Å². The zero-order valence-corrected chi connectivity index (χ0v) is 31.1. The predicted octanol–water partition coefficient (Wildman–Crippen LogP) is 6.77. The molecular weight excluding hydrogens is 755 g/mol. The van der Waals surface area contributed by atoms with Crippen LogP contribution in [0.25, 0.3) is 32.1 Å². The number of alkyl halides is 1. The fraction of sp³-hybridized carbons (Fsp3) is 0.447. The molecule has 5 aromatic rings. The van der Waals surface area contributed by atoms with Crippen molar-refractivity contribution in [3.63, 3.8) is 0 Å². The monoisotopic (exact) mass is 789 g/mol. The summed E-state index contributed by atoms with van der Waals surface area (Å²) in [4.78, 5) is 28.8. The van der Waals surface area contributed by atoms with Gasteiger partial charge in [-0.05, 0) is 49.9 Å². The first kappa shape index (κ1) is 34.6. The Labute approximate surface area is 322 Å². The van der Waals surface area contributed by atoms with E-state index in [1.165, 1.54) is 16.8 Å². The lowest BCUT2D eigenvalue weighted by Gasteiger charge is -2.51. The average Bonchev–Trinajstić information content (AvgIpc) is 3.91. The Hall–Kier alpha value is -4.85. The van der Waals surface area contributed by atoms with Gasteiger partial charge in [0.25, 0.3) is 0 Å². The molecular formula is C38H35ClF3N9O3S. The van der Waals surface area contributed by atoms with Crippen LogP contribution in [0, 0.1) is 28.4 Å². The van der Waals surface area contributed by atoms with Crippen LogP contribution in [0.1, 0.15) is 44.1 Å². The molecule has 4 saturated heterocycles. The van der Waals surface area contributed by atoms with Crippen molar-refractivity contribution in [1.82, 2.24) is 29.5 Å². The van der Waals surface area contributed by atoms with Crippen molar-refractivity contribution in [1.29, 1.82) is 5.26 Å². The number of nitrogens with zero attached hydrogens (tertiary/aromatic N) is 8. The molecule has 12 nitrogen and oxygen atoms in total. The van der Waals surface area contributed by atoms with Crippen LogP contribution in [0.3, 0.4) is 0 Å². The Morgan fingerprint density at radius 1 is 1.18 bits per heavy atom. The fourth-order valence-electron chi connectivity index (χ4n) is 9.76. The highest BCUT2D eigenvalue weighted by molar-refractivity contribution is 7.23. The number of amides is 1. The number of fused-ring (bicyclic) bond motifs is 4. The van der Waals surface area contributed by atoms with Gasteiger partial charge in [-0.3, -0.25) is 4.90 Å². The molecule has 0 bridgehead atoms. The highest BCUT2D eigenvalue weighted by Gasteiger charge is 2.51. The molecule has 0 radical (unpaired) electrons. The molecule has 2 aromatic carbocycles. The Bertz CT molecular complexity index is 2450. The lowest BCUT2D eigenvalue weighted by atomic mass is 9.76. The first-order chi connectivity index (χ1) is 26.6. The number of thiophene rings is 1. The van der Waals surface area contributed by atoms with E-state index in [-0.39, 0.29) is 90.2 Å². The van der Waals surface area contributed by atoms with Gasteiger partial charge in [0, 0.05) is 61.4 Å². The molecule has 3 aromatic heterocycles. The number of rotatable bonds is 4. The Morgan fingerprint density at radius 2 is 2.04 bits per heavy atom. The average molecular weight is 790 g/mol. The number of anilines is 2. The first-order valence-corrected chi connectivity index (χ1v) is 19.6. The topological polar surface area (TPSA) is 139 Å². The van der Waals surface area contributed by atoms with Crippen molar-refractivity contribution in [2.75, 3.05) is 56.6 Å². The maximum atomic E-state index is 17.5. The first-order valence-electron chi connectivity index (χ1n) is 18.4. The Balaban J connectivity index is 1.12. The number of likely N-dealkylation sites (tertiary alicyclic amines) is 1. The van der Waals surface area contributed by atoms with Gasteiger partial charge in [0.1, 0.15) is 47.6 Å². The molecule has 0 saturated carbocycles. The number of carbonyl (C=O) groups is 1. The van der Waals surface area contributed by atoms with Gasteiger partial charge in [-0.2, -0.15) is 25.0 Å². The van der Waals surface area contributed by atoms with Crippen LogP contribution in [-0.2, 0) is 0 Å². The van der Waals surface area contributed by atoms with Crippen LogP contribution < -0.4 is 20.1 Å². The smallest absolute Gasteiger partial charge is 0.344 e. The van der Waals surface area contributed by atoms with Gasteiger partial charge >= 0.3 is 12.0 Å². The molecule has 0 aliphatic carbocycles. The molecule has 55 heavy (non-hydrogen) atoms. The van der Waals surface area contributed by atoms with Gasteiger partial charge in [0.15, 0.2) is 11.6 Å². The van der Waals surface area contributed by atoms with E-state index in [1.807, 2.05) is 6.07 Å². The Kier molecular flexibility index (Phi) is 7.92. The molecule has 1 amide bonds. The van der Waals surface area contributed by atoms with E-state index in [0.29, 0.717) is 38.4 Å². The summed E-state index contributed by atoms with van der Waals surface area (Å²) in [7, 11) is 0. The Morgan fingerprint density at radius 3 is 2.84 bits per heavy atom. The number of halogens is 4. The highest BCUT2D eigenvalue weighted by atomic mass is 35.5. The van der Waals surface area contributed by atoms with Gasteiger partial charge < -0.3 is 25.0 Å². The summed E-state index contributed by atoms with van der Waals surface area (Å²) >= 11 is 8.07. The molecule has 4 fully saturated rings. The van der Waals surface area contributed by atoms with Gasteiger partial charge in [0.2, 0.25) is 0 Å². The number of carbonyl (C=O) groups excluding carboxylic acids is 1. The molecule has 17 heteroatoms. The number of hydrogen-bond donors (Lipinski definition) is 1. The third kappa shape index (κ3) is 5.26. The van der Waals surface area contributed by atoms with Gasteiger partial charge in [0.05, 0.1) is 32.3 Å². The molecule has 284 valence electrons. The zero-order valence-electron chi connectivity index (χ0n) is 29.5. The number of hydrogen-bond acceptors (Lipinski definition) is 11. The number of aromatic nitrogens is 4. The van der Waals surface area contributed by atoms with E-state index >= 15 is 8.78 Å². The molecule has 3 atom stereocenters. The number of nitrogen functional groups attached to an aromatic ring is 1. The van der Waals surface area contributed by atoms with Crippen LogP contribution >= 0.6 is 22.9 Å². The second kappa shape index (κ2) is 12.6. The zero-order chi connectivity index (χ0) is 37.8. The van der Waals surface area contributed by atoms with Crippen molar-refractivity contribution in [3.05, 3.63) is 52.8 Å². The lowest BCUT2D eigenvalue weighted by molar-refractivity contribution is 0.0312. The van der Waals surface area contributed by atoms with Crippen molar-refractivity contribution < 1.29 is 27.4 Å². The molecule has 2 N–H and O–H groups in total. The van der Waals surface area contributed by atoms with E-state index < -0.39 is 23.3 Å². The minimum absolute atomic E-state index is 0.0200. The third-order valence-corrected chi connectivity index (χ3v) is 13.7. The lowest BCUT2D eigenvalue weighted by Crippen LogP contribution is -2.63. The highest BCUT2D eigenvalue weighted by Crippen LogP contribution is 2.53. The SMILES string of the molecule is N#Cc1c(N)sc2c(F)ccc(-c3c(Cl)c4c5c(nc(OC[C@@]67CCCN6C[C@H](F)C7)nc5c3F)N3CC5(CCC[C@H]3CO4)CN(C(=O)n3cccn3)C5)c12. The van der Waals surface area contributed by atoms with E-state index in [9.17, 15) is 14.4 Å². The van der Waals surface area contributed by atoms with Crippen LogP contribution in [0.2, 0.25) is 5.02 Å². The normalized spacial score (nSPS) is 24.3. The maximum Gasteiger partial charge on any atom is 0.344 e. The van der Waals surface area contributed by atoms with Crippen LogP contribution in [-0.4, -0.2) is 99.3 Å². The van der Waals surface area contributed by atoms with E-state index in [4.69, 9.17) is 31.8 Å². The standard InChI is InChI=1S/C38H35ClF3N9O3S/c39-28-26(22-5-6-24(41)32-25(22)23(13-43)33(44)55-32)29(42)30-27-31(28)53-15-21-4-1-7-37(16-48(17-37)36(52)51-11-3-9-45-51)18-50(21)34(27)47-35(46-30)54-19-38-8-2-10-49(38)14-20(40)12-38/h3,5-6,9,11,20-21H,1-2,4,7-8,10,12,14-19,44H2/t20-,21+,38+/m1/s1. The van der Waals surface area contributed by atoms with Gasteiger partial charge in [-0.25, -0.2) is 18.0 Å². The number of ether oxygens (including phenoxy) is 2. The molecule has 5 aliphatic rings. The summed E-state index contributed by atoms with van der Waals surface area (Å²) in [5.74, 6) is -0.873. The summed E-state index contributed by atoms with van der Waals surface area (Å²) in [6.45, 7) is 2.93. The summed E-state index contributed by atoms with van der Waals surface area (Å²) in [5, 5.41) is 14.6. The van der Waals surface area contributed by atoms with E-state index in [2.05, 4.69) is 19.9 Å². The molecule has 8 heterocycles. The minimum atomic E-state index is -0.971. The number of nitrogens with two attached hydrogens (primary N) is 1. The van der Waals surface area contributed by atoms with Crippen LogP contribution in [0.4, 0.5) is 28.8 Å². The van der Waals surface area contributed by atoms with Crippen molar-refractivity contribution in [2.45, 2.75) is 56.3 Å². The van der Waals surface area contributed by atoms with Crippen LogP contribution in [0.5, 0.6) is 11.8 Å². The maximum absolute atomic E-state index is 17.5. The largest absolute Gasteiger partial charge is 0.489 e. The molecule has 10 rings (SSSR count). The van der Waals surface area contributed by atoms with Gasteiger partial charge in [-0.1, -0.05) is 24.1 Å². The summed E-state index contributed by atoms with van der Waals surface area (Å²) in [6.07, 6.45) is 6.66. The molecule has 5 aliphatic heterocycles. The fourth-order valence-corrected chi connectivity index (χ4v) is 11.0.